The molecule has 1 aliphatic carbocycles. The highest BCUT2D eigenvalue weighted by molar-refractivity contribution is 5.96. The Hall–Kier alpha value is -2.90. The minimum absolute atomic E-state index is 0.0380. The molecule has 1 saturated heterocycles. The van der Waals surface area contributed by atoms with Crippen LogP contribution in [0.4, 0.5) is 0 Å². The summed E-state index contributed by atoms with van der Waals surface area (Å²) in [5.74, 6) is -0.257. The van der Waals surface area contributed by atoms with E-state index in [0.717, 1.165) is 37.1 Å². The summed E-state index contributed by atoms with van der Waals surface area (Å²) in [5.41, 5.74) is 1.44. The Balaban J connectivity index is 1.17. The SMILES string of the molecule is Cc1cccc(C(=O)NCC(=O)NC2CN([C@H]3CC[C@@](O)(c4cccc(O)c4)CC3)C2)c1. The molecular formula is C25H31N3O4. The Morgan fingerprint density at radius 1 is 1.09 bits per heavy atom. The van der Waals surface area contributed by atoms with Crippen molar-refractivity contribution < 1.29 is 19.8 Å². The third kappa shape index (κ3) is 5.11. The number of rotatable bonds is 6. The van der Waals surface area contributed by atoms with Gasteiger partial charge in [-0.25, -0.2) is 0 Å². The number of benzene rings is 2. The van der Waals surface area contributed by atoms with Gasteiger partial charge in [-0.05, 0) is 62.4 Å². The van der Waals surface area contributed by atoms with E-state index in [1.165, 1.54) is 0 Å². The number of nitrogens with one attached hydrogen (secondary N) is 2. The van der Waals surface area contributed by atoms with Gasteiger partial charge in [0.1, 0.15) is 5.75 Å². The average Bonchev–Trinajstić information content (AvgIpc) is 2.75. The number of nitrogens with zero attached hydrogens (tertiary/aromatic N) is 1. The van der Waals surface area contributed by atoms with Gasteiger partial charge in [-0.2, -0.15) is 0 Å². The Morgan fingerprint density at radius 2 is 1.81 bits per heavy atom. The molecule has 2 fully saturated rings. The van der Waals surface area contributed by atoms with Crippen LogP contribution < -0.4 is 10.6 Å². The third-order valence-electron chi connectivity index (χ3n) is 6.65. The van der Waals surface area contributed by atoms with E-state index in [2.05, 4.69) is 15.5 Å². The van der Waals surface area contributed by atoms with E-state index in [0.29, 0.717) is 24.4 Å². The van der Waals surface area contributed by atoms with Gasteiger partial charge in [-0.1, -0.05) is 29.8 Å². The monoisotopic (exact) mass is 437 g/mol. The largest absolute Gasteiger partial charge is 0.508 e. The zero-order valence-electron chi connectivity index (χ0n) is 18.4. The first-order chi connectivity index (χ1) is 15.3. The Kier molecular flexibility index (Phi) is 6.48. The zero-order chi connectivity index (χ0) is 22.7. The maximum Gasteiger partial charge on any atom is 0.251 e. The molecule has 2 aliphatic rings. The molecule has 170 valence electrons. The number of hydrogen-bond acceptors (Lipinski definition) is 5. The van der Waals surface area contributed by atoms with Crippen molar-refractivity contribution in [2.75, 3.05) is 19.6 Å². The Bertz CT molecular complexity index is 979. The fourth-order valence-electron chi connectivity index (χ4n) is 4.76. The van der Waals surface area contributed by atoms with Gasteiger partial charge in [-0.15, -0.1) is 0 Å². The first-order valence-electron chi connectivity index (χ1n) is 11.2. The highest BCUT2D eigenvalue weighted by Gasteiger charge is 2.40. The standard InChI is InChI=1S/C25H31N3O4/c1-17-4-2-5-18(12-17)24(31)26-14-23(30)27-20-15-28(16-20)21-8-10-25(32,11-9-21)19-6-3-7-22(29)13-19/h2-7,12-13,20-21,29,32H,8-11,14-16H2,1H3,(H,26,31)(H,27,30)/t21-,25-. The number of aryl methyl sites for hydroxylation is 1. The van der Waals surface area contributed by atoms with Crippen LogP contribution in [0.5, 0.6) is 5.75 Å². The molecule has 1 aliphatic heterocycles. The van der Waals surface area contributed by atoms with Crippen LogP contribution in [0.3, 0.4) is 0 Å². The molecule has 1 heterocycles. The molecule has 4 N–H and O–H groups in total. The van der Waals surface area contributed by atoms with Gasteiger partial charge in [-0.3, -0.25) is 14.5 Å². The molecule has 0 radical (unpaired) electrons. The molecule has 0 spiro atoms. The molecule has 0 bridgehead atoms. The maximum absolute atomic E-state index is 12.2. The van der Waals surface area contributed by atoms with E-state index < -0.39 is 5.60 Å². The summed E-state index contributed by atoms with van der Waals surface area (Å²) in [6.07, 6.45) is 3.05. The fraction of sp³-hybridized carbons (Fsp3) is 0.440. The van der Waals surface area contributed by atoms with Gasteiger partial charge < -0.3 is 20.8 Å². The molecule has 0 atom stereocenters. The van der Waals surface area contributed by atoms with Crippen LogP contribution in [-0.4, -0.2) is 58.6 Å². The fourth-order valence-corrected chi connectivity index (χ4v) is 4.76. The molecule has 32 heavy (non-hydrogen) atoms. The van der Waals surface area contributed by atoms with Crippen molar-refractivity contribution >= 4 is 11.8 Å². The van der Waals surface area contributed by atoms with E-state index >= 15 is 0 Å². The van der Waals surface area contributed by atoms with Gasteiger partial charge in [0.15, 0.2) is 0 Å². The van der Waals surface area contributed by atoms with E-state index in [1.807, 2.05) is 25.1 Å². The van der Waals surface area contributed by atoms with Crippen molar-refractivity contribution in [2.24, 2.45) is 0 Å². The lowest BCUT2D eigenvalue weighted by atomic mass is 9.76. The Morgan fingerprint density at radius 3 is 2.50 bits per heavy atom. The van der Waals surface area contributed by atoms with Crippen molar-refractivity contribution in [3.8, 4) is 5.75 Å². The van der Waals surface area contributed by atoms with Crippen LogP contribution >= 0.6 is 0 Å². The second kappa shape index (κ2) is 9.30. The number of likely N-dealkylation sites (tertiary alicyclic amines) is 1. The number of phenols is 1. The van der Waals surface area contributed by atoms with E-state index in [1.54, 1.807) is 30.3 Å². The molecule has 2 amide bonds. The topological polar surface area (TPSA) is 102 Å². The molecule has 2 aromatic rings. The lowest BCUT2D eigenvalue weighted by Gasteiger charge is -2.48. The first-order valence-corrected chi connectivity index (χ1v) is 11.2. The van der Waals surface area contributed by atoms with Crippen molar-refractivity contribution in [3.05, 3.63) is 65.2 Å². The quantitative estimate of drug-likeness (QED) is 0.554. The highest BCUT2D eigenvalue weighted by Crippen LogP contribution is 2.40. The third-order valence-corrected chi connectivity index (χ3v) is 6.65. The van der Waals surface area contributed by atoms with Gasteiger partial charge in [0, 0.05) is 24.7 Å². The summed E-state index contributed by atoms with van der Waals surface area (Å²) in [6.45, 7) is 3.45. The van der Waals surface area contributed by atoms with Gasteiger partial charge >= 0.3 is 0 Å². The molecule has 4 rings (SSSR count). The number of amides is 2. The molecule has 0 aromatic heterocycles. The summed E-state index contributed by atoms with van der Waals surface area (Å²) in [5, 5.41) is 26.4. The molecule has 2 aromatic carbocycles. The Labute approximate surface area is 188 Å². The number of hydrogen-bond donors (Lipinski definition) is 4. The molecular weight excluding hydrogens is 406 g/mol. The van der Waals surface area contributed by atoms with Crippen LogP contribution in [0.25, 0.3) is 0 Å². The summed E-state index contributed by atoms with van der Waals surface area (Å²) >= 11 is 0. The number of carbonyl (C=O) groups excluding carboxylic acids is 2. The summed E-state index contributed by atoms with van der Waals surface area (Å²) in [4.78, 5) is 26.7. The van der Waals surface area contributed by atoms with Crippen LogP contribution in [0, 0.1) is 6.92 Å². The van der Waals surface area contributed by atoms with E-state index in [-0.39, 0.29) is 30.2 Å². The van der Waals surface area contributed by atoms with Gasteiger partial charge in [0.2, 0.25) is 5.91 Å². The summed E-state index contributed by atoms with van der Waals surface area (Å²) in [7, 11) is 0. The smallest absolute Gasteiger partial charge is 0.251 e. The number of aliphatic hydroxyl groups is 1. The molecule has 1 saturated carbocycles. The second-order valence-corrected chi connectivity index (χ2v) is 9.08. The predicted octanol–water partition coefficient (Wildman–Crippen LogP) is 2.06. The summed E-state index contributed by atoms with van der Waals surface area (Å²) < 4.78 is 0. The number of aromatic hydroxyl groups is 1. The summed E-state index contributed by atoms with van der Waals surface area (Å²) in [6, 6.07) is 14.6. The van der Waals surface area contributed by atoms with Crippen molar-refractivity contribution in [3.63, 3.8) is 0 Å². The van der Waals surface area contributed by atoms with Gasteiger partial charge in [0.25, 0.3) is 5.91 Å². The van der Waals surface area contributed by atoms with Crippen LogP contribution in [-0.2, 0) is 10.4 Å². The lowest BCUT2D eigenvalue weighted by molar-refractivity contribution is -0.122. The molecule has 7 heteroatoms. The van der Waals surface area contributed by atoms with Crippen LogP contribution in [0.2, 0.25) is 0 Å². The van der Waals surface area contributed by atoms with E-state index in [9.17, 15) is 19.8 Å². The normalized spacial score (nSPS) is 23.9. The van der Waals surface area contributed by atoms with Crippen LogP contribution in [0.1, 0.15) is 47.2 Å². The minimum atomic E-state index is -0.886. The molecule has 7 nitrogen and oxygen atoms in total. The van der Waals surface area contributed by atoms with Gasteiger partial charge in [0.05, 0.1) is 18.2 Å². The van der Waals surface area contributed by atoms with Crippen molar-refractivity contribution in [1.82, 2.24) is 15.5 Å². The number of phenolic OH excluding ortho intramolecular Hbond substituents is 1. The highest BCUT2D eigenvalue weighted by atomic mass is 16.3. The van der Waals surface area contributed by atoms with Crippen molar-refractivity contribution in [1.29, 1.82) is 0 Å². The van der Waals surface area contributed by atoms with Crippen LogP contribution in [0.15, 0.2) is 48.5 Å². The number of carbonyl (C=O) groups is 2. The van der Waals surface area contributed by atoms with Crippen molar-refractivity contribution in [2.45, 2.75) is 50.3 Å². The van der Waals surface area contributed by atoms with E-state index in [4.69, 9.17) is 0 Å². The lowest BCUT2D eigenvalue weighted by Crippen LogP contribution is -2.63. The molecule has 0 unspecified atom stereocenters. The maximum atomic E-state index is 12.2. The first kappa shape index (κ1) is 22.3. The zero-order valence-corrected chi connectivity index (χ0v) is 18.4. The second-order valence-electron chi connectivity index (χ2n) is 9.08. The predicted molar refractivity (Wildman–Crippen MR) is 121 cm³/mol. The minimum Gasteiger partial charge on any atom is -0.508 e. The average molecular weight is 438 g/mol.